The molecule has 0 radical (unpaired) electrons. The summed E-state index contributed by atoms with van der Waals surface area (Å²) in [7, 11) is 1.60. The Hall–Kier alpha value is -3.27. The monoisotopic (exact) mass is 473 g/mol. The standard InChI is InChI=1S/C20H21FN4O2S.C3H7NO/c1-11-16-19(23-10-24-20(16)28-17(11)18(22)26)25-14-8-7-12(21)9-15(14)27-13-5-3-2-4-6-13;1-3(5)4-2/h7-10,13H,2-6H2,1H3,(H2,22,26)(H,23,24,25);1-2H3,(H,4,5). The molecule has 1 fully saturated rings. The number of nitrogens with two attached hydrogens (primary N) is 1. The van der Waals surface area contributed by atoms with Crippen LogP contribution in [-0.2, 0) is 4.79 Å². The number of hydrogen-bond acceptors (Lipinski definition) is 7. The van der Waals surface area contributed by atoms with Crippen LogP contribution in [0.4, 0.5) is 15.9 Å². The van der Waals surface area contributed by atoms with Crippen LogP contribution in [0.3, 0.4) is 0 Å². The highest BCUT2D eigenvalue weighted by atomic mass is 32.1. The molecule has 0 bridgehead atoms. The van der Waals surface area contributed by atoms with Gasteiger partial charge < -0.3 is 21.1 Å². The molecule has 0 spiro atoms. The molecule has 4 rings (SSSR count). The van der Waals surface area contributed by atoms with Gasteiger partial charge >= 0.3 is 0 Å². The van der Waals surface area contributed by atoms with Gasteiger partial charge in [0.05, 0.1) is 22.1 Å². The molecule has 3 aromatic rings. The lowest BCUT2D eigenvalue weighted by molar-refractivity contribution is -0.118. The highest BCUT2D eigenvalue weighted by molar-refractivity contribution is 7.20. The first kappa shape index (κ1) is 24.4. The third kappa shape index (κ3) is 6.16. The van der Waals surface area contributed by atoms with Crippen LogP contribution in [0.5, 0.6) is 5.75 Å². The van der Waals surface area contributed by atoms with Crippen molar-refractivity contribution in [3.05, 3.63) is 40.8 Å². The smallest absolute Gasteiger partial charge is 0.259 e. The number of fused-ring (bicyclic) bond motifs is 1. The van der Waals surface area contributed by atoms with Crippen molar-refractivity contribution < 1.29 is 18.7 Å². The summed E-state index contributed by atoms with van der Waals surface area (Å²) in [4.78, 5) is 31.1. The average molecular weight is 474 g/mol. The molecule has 0 aliphatic heterocycles. The molecule has 2 amide bonds. The van der Waals surface area contributed by atoms with E-state index in [1.807, 2.05) is 6.92 Å². The minimum Gasteiger partial charge on any atom is -0.488 e. The number of rotatable bonds is 5. The molecule has 33 heavy (non-hydrogen) atoms. The third-order valence-corrected chi connectivity index (χ3v) is 6.56. The second kappa shape index (κ2) is 11.0. The number of nitrogens with one attached hydrogen (secondary N) is 2. The minimum atomic E-state index is -0.491. The van der Waals surface area contributed by atoms with Gasteiger partial charge in [0.25, 0.3) is 5.91 Å². The van der Waals surface area contributed by atoms with Crippen LogP contribution < -0.4 is 21.1 Å². The topological polar surface area (TPSA) is 119 Å². The van der Waals surface area contributed by atoms with Crippen molar-refractivity contribution in [2.75, 3.05) is 12.4 Å². The van der Waals surface area contributed by atoms with E-state index in [1.54, 1.807) is 13.1 Å². The van der Waals surface area contributed by atoms with Crippen molar-refractivity contribution in [2.45, 2.75) is 52.1 Å². The Balaban J connectivity index is 0.000000555. The molecule has 0 saturated heterocycles. The van der Waals surface area contributed by atoms with Gasteiger partial charge in [-0.25, -0.2) is 14.4 Å². The fourth-order valence-corrected chi connectivity index (χ4v) is 4.59. The predicted octanol–water partition coefficient (Wildman–Crippen LogP) is 4.45. The summed E-state index contributed by atoms with van der Waals surface area (Å²) in [6.07, 6.45) is 6.92. The fourth-order valence-electron chi connectivity index (χ4n) is 3.59. The zero-order valence-corrected chi connectivity index (χ0v) is 19.7. The molecule has 176 valence electrons. The maximum atomic E-state index is 13.9. The van der Waals surface area contributed by atoms with Crippen LogP contribution >= 0.6 is 11.3 Å². The maximum absolute atomic E-state index is 13.9. The first-order valence-corrected chi connectivity index (χ1v) is 11.6. The summed E-state index contributed by atoms with van der Waals surface area (Å²) in [6.45, 7) is 3.29. The first-order chi connectivity index (χ1) is 15.8. The number of amides is 2. The van der Waals surface area contributed by atoms with Gasteiger partial charge in [0.15, 0.2) is 0 Å². The number of benzene rings is 1. The van der Waals surface area contributed by atoms with E-state index in [0.29, 0.717) is 27.0 Å². The Morgan fingerprint density at radius 2 is 1.91 bits per heavy atom. The lowest BCUT2D eigenvalue weighted by Gasteiger charge is -2.24. The summed E-state index contributed by atoms with van der Waals surface area (Å²) >= 11 is 1.23. The summed E-state index contributed by atoms with van der Waals surface area (Å²) in [6, 6.07) is 4.41. The van der Waals surface area contributed by atoms with Gasteiger partial charge in [-0.15, -0.1) is 11.3 Å². The number of aryl methyl sites for hydroxylation is 1. The maximum Gasteiger partial charge on any atom is 0.259 e. The van der Waals surface area contributed by atoms with E-state index in [9.17, 15) is 14.0 Å². The van der Waals surface area contributed by atoms with Crippen molar-refractivity contribution in [2.24, 2.45) is 5.73 Å². The van der Waals surface area contributed by atoms with E-state index < -0.39 is 5.91 Å². The highest BCUT2D eigenvalue weighted by Crippen LogP contribution is 2.37. The number of carbonyl (C=O) groups excluding carboxylic acids is 2. The molecule has 1 saturated carbocycles. The molecule has 1 aliphatic rings. The van der Waals surface area contributed by atoms with Gasteiger partial charge in [-0.2, -0.15) is 0 Å². The van der Waals surface area contributed by atoms with Crippen molar-refractivity contribution >= 4 is 44.9 Å². The molecule has 0 atom stereocenters. The number of hydrogen-bond donors (Lipinski definition) is 3. The molecule has 2 aromatic heterocycles. The molecule has 2 heterocycles. The zero-order valence-electron chi connectivity index (χ0n) is 18.9. The van der Waals surface area contributed by atoms with Gasteiger partial charge in [0.2, 0.25) is 5.91 Å². The Bertz CT molecular complexity index is 1140. The van der Waals surface area contributed by atoms with E-state index in [-0.39, 0.29) is 17.8 Å². The zero-order chi connectivity index (χ0) is 24.0. The molecule has 1 aromatic carbocycles. The van der Waals surface area contributed by atoms with E-state index in [2.05, 4.69) is 20.6 Å². The number of ether oxygens (including phenoxy) is 1. The van der Waals surface area contributed by atoms with Crippen LogP contribution in [0.15, 0.2) is 24.5 Å². The molecule has 1 aliphatic carbocycles. The Morgan fingerprint density at radius 1 is 1.21 bits per heavy atom. The minimum absolute atomic E-state index is 0.00463. The molecule has 8 nitrogen and oxygen atoms in total. The summed E-state index contributed by atoms with van der Waals surface area (Å²) < 4.78 is 20.0. The van der Waals surface area contributed by atoms with E-state index in [4.69, 9.17) is 10.5 Å². The molecule has 0 unspecified atom stereocenters. The average Bonchev–Trinajstić information content (AvgIpc) is 3.14. The van der Waals surface area contributed by atoms with E-state index in [0.717, 1.165) is 36.6 Å². The van der Waals surface area contributed by atoms with Crippen molar-refractivity contribution in [3.8, 4) is 5.75 Å². The van der Waals surface area contributed by atoms with Crippen molar-refractivity contribution in [1.82, 2.24) is 15.3 Å². The second-order valence-corrected chi connectivity index (χ2v) is 8.77. The summed E-state index contributed by atoms with van der Waals surface area (Å²) in [5.41, 5.74) is 6.82. The summed E-state index contributed by atoms with van der Waals surface area (Å²) in [5, 5.41) is 6.36. The predicted molar refractivity (Wildman–Crippen MR) is 128 cm³/mol. The van der Waals surface area contributed by atoms with Gasteiger partial charge in [-0.3, -0.25) is 9.59 Å². The molecular weight excluding hydrogens is 445 g/mol. The Kier molecular flexibility index (Phi) is 8.16. The number of nitrogens with zero attached hydrogens (tertiary/aromatic N) is 2. The summed E-state index contributed by atoms with van der Waals surface area (Å²) in [5.74, 6) is 0.152. The Morgan fingerprint density at radius 3 is 2.55 bits per heavy atom. The van der Waals surface area contributed by atoms with Crippen LogP contribution in [-0.4, -0.2) is 34.9 Å². The largest absolute Gasteiger partial charge is 0.488 e. The van der Waals surface area contributed by atoms with E-state index in [1.165, 1.54) is 43.1 Å². The van der Waals surface area contributed by atoms with Crippen molar-refractivity contribution in [3.63, 3.8) is 0 Å². The van der Waals surface area contributed by atoms with Gasteiger partial charge in [-0.05, 0) is 50.3 Å². The van der Waals surface area contributed by atoms with Crippen molar-refractivity contribution in [1.29, 1.82) is 0 Å². The van der Waals surface area contributed by atoms with Crippen LogP contribution in [0, 0.1) is 12.7 Å². The second-order valence-electron chi connectivity index (χ2n) is 7.77. The fraction of sp³-hybridized carbons (Fsp3) is 0.391. The van der Waals surface area contributed by atoms with Gasteiger partial charge in [0, 0.05) is 20.0 Å². The molecule has 4 N–H and O–H groups in total. The Labute approximate surface area is 195 Å². The highest BCUT2D eigenvalue weighted by Gasteiger charge is 2.20. The number of aromatic nitrogens is 2. The SMILES string of the molecule is CNC(C)=O.Cc1c(C(N)=O)sc2ncnc(Nc3ccc(F)cc3OC3CCCCC3)c12. The third-order valence-electron chi connectivity index (χ3n) is 5.35. The number of primary amides is 1. The molecular formula is C23H28FN5O3S. The normalized spacial score (nSPS) is 13.7. The first-order valence-electron chi connectivity index (χ1n) is 10.8. The van der Waals surface area contributed by atoms with Crippen LogP contribution in [0.2, 0.25) is 0 Å². The lowest BCUT2D eigenvalue weighted by atomic mass is 9.98. The van der Waals surface area contributed by atoms with Crippen LogP contribution in [0.1, 0.15) is 54.3 Å². The number of thiophene rings is 1. The number of carbonyl (C=O) groups is 2. The quantitative estimate of drug-likeness (QED) is 0.504. The molecule has 10 heteroatoms. The van der Waals surface area contributed by atoms with Crippen LogP contribution in [0.25, 0.3) is 10.2 Å². The van der Waals surface area contributed by atoms with E-state index >= 15 is 0 Å². The number of halogens is 1. The van der Waals surface area contributed by atoms with Gasteiger partial charge in [0.1, 0.15) is 28.5 Å². The number of anilines is 2. The lowest BCUT2D eigenvalue weighted by Crippen LogP contribution is -2.20. The van der Waals surface area contributed by atoms with Gasteiger partial charge in [-0.1, -0.05) is 6.42 Å².